The zero-order chi connectivity index (χ0) is 32.3. The average Bonchev–Trinajstić information content (AvgIpc) is 3.18. The number of hydrogen-bond acceptors (Lipinski definition) is 4. The summed E-state index contributed by atoms with van der Waals surface area (Å²) >= 11 is 0. The van der Waals surface area contributed by atoms with Crippen molar-refractivity contribution < 1.29 is 0 Å². The van der Waals surface area contributed by atoms with Crippen LogP contribution in [0.5, 0.6) is 0 Å². The van der Waals surface area contributed by atoms with Crippen LogP contribution in [0.2, 0.25) is 0 Å². The molecule has 0 N–H and O–H groups in total. The van der Waals surface area contributed by atoms with E-state index in [0.29, 0.717) is 23.0 Å². The van der Waals surface area contributed by atoms with Gasteiger partial charge in [-0.2, -0.15) is 5.26 Å². The molecule has 0 atom stereocenters. The van der Waals surface area contributed by atoms with Gasteiger partial charge in [-0.15, -0.1) is 0 Å². The lowest BCUT2D eigenvalue weighted by molar-refractivity contribution is 1.07. The van der Waals surface area contributed by atoms with Crippen LogP contribution in [0.25, 0.3) is 78.3 Å². The van der Waals surface area contributed by atoms with Crippen LogP contribution in [0, 0.1) is 11.3 Å². The number of nitrogens with zero attached hydrogens (tertiary/aromatic N) is 4. The lowest BCUT2D eigenvalue weighted by atomic mass is 9.92. The minimum absolute atomic E-state index is 0.637. The van der Waals surface area contributed by atoms with Crippen LogP contribution in [-0.2, 0) is 0 Å². The molecule has 4 nitrogen and oxygen atoms in total. The minimum Gasteiger partial charge on any atom is -0.208 e. The monoisotopic (exact) mass is 612 g/mol. The predicted molar refractivity (Wildman–Crippen MR) is 195 cm³/mol. The molecule has 0 amide bonds. The van der Waals surface area contributed by atoms with Crippen LogP contribution in [0.4, 0.5) is 0 Å². The highest BCUT2D eigenvalue weighted by atomic mass is 15.0. The summed E-state index contributed by atoms with van der Waals surface area (Å²) in [7, 11) is 0. The second kappa shape index (κ2) is 12.6. The zero-order valence-electron chi connectivity index (χ0n) is 26.0. The Morgan fingerprint density at radius 2 is 0.750 bits per heavy atom. The first-order valence-corrected chi connectivity index (χ1v) is 15.8. The Morgan fingerprint density at radius 1 is 0.333 bits per heavy atom. The first-order chi connectivity index (χ1) is 23.7. The number of aromatic nitrogens is 3. The summed E-state index contributed by atoms with van der Waals surface area (Å²) in [6, 6.07) is 60.1. The fourth-order valence-corrected chi connectivity index (χ4v) is 6.05. The van der Waals surface area contributed by atoms with E-state index >= 15 is 0 Å². The highest BCUT2D eigenvalue weighted by Crippen LogP contribution is 2.35. The van der Waals surface area contributed by atoms with Crippen molar-refractivity contribution in [2.24, 2.45) is 0 Å². The third-order valence-corrected chi connectivity index (χ3v) is 8.58. The first kappa shape index (κ1) is 28.8. The summed E-state index contributed by atoms with van der Waals surface area (Å²) in [4.78, 5) is 14.6. The van der Waals surface area contributed by atoms with Crippen molar-refractivity contribution in [2.45, 2.75) is 0 Å². The minimum atomic E-state index is 0.637. The van der Waals surface area contributed by atoms with Gasteiger partial charge in [-0.25, -0.2) is 15.0 Å². The van der Waals surface area contributed by atoms with Crippen LogP contribution >= 0.6 is 0 Å². The van der Waals surface area contributed by atoms with Crippen LogP contribution in [0.1, 0.15) is 5.56 Å². The number of nitriles is 1. The van der Waals surface area contributed by atoms with E-state index in [1.165, 1.54) is 10.8 Å². The summed E-state index contributed by atoms with van der Waals surface area (Å²) in [5.41, 5.74) is 10.3. The molecule has 8 aromatic rings. The van der Waals surface area contributed by atoms with Gasteiger partial charge in [-0.1, -0.05) is 146 Å². The van der Waals surface area contributed by atoms with Crippen molar-refractivity contribution in [1.82, 2.24) is 15.0 Å². The third kappa shape index (κ3) is 5.73. The van der Waals surface area contributed by atoms with Gasteiger partial charge in [-0.05, 0) is 68.4 Å². The molecule has 4 heteroatoms. The van der Waals surface area contributed by atoms with E-state index in [9.17, 15) is 5.26 Å². The molecule has 0 saturated carbocycles. The Labute approximate surface area is 279 Å². The number of rotatable bonds is 6. The summed E-state index contributed by atoms with van der Waals surface area (Å²) in [5, 5.41) is 11.6. The van der Waals surface area contributed by atoms with E-state index in [2.05, 4.69) is 91.0 Å². The van der Waals surface area contributed by atoms with Crippen molar-refractivity contribution in [1.29, 1.82) is 5.26 Å². The Morgan fingerprint density at radius 3 is 1.31 bits per heavy atom. The highest BCUT2D eigenvalue weighted by Gasteiger charge is 2.13. The zero-order valence-corrected chi connectivity index (χ0v) is 26.0. The van der Waals surface area contributed by atoms with Crippen LogP contribution < -0.4 is 0 Å². The fraction of sp³-hybridized carbons (Fsp3) is 0. The fourth-order valence-electron chi connectivity index (χ4n) is 6.05. The normalized spacial score (nSPS) is 10.9. The molecule has 0 saturated heterocycles. The maximum Gasteiger partial charge on any atom is 0.164 e. The highest BCUT2D eigenvalue weighted by molar-refractivity contribution is 5.93. The lowest BCUT2D eigenvalue weighted by Crippen LogP contribution is -2.00. The first-order valence-electron chi connectivity index (χ1n) is 15.8. The Hall–Kier alpha value is -6.70. The van der Waals surface area contributed by atoms with Gasteiger partial charge < -0.3 is 0 Å². The van der Waals surface area contributed by atoms with Crippen LogP contribution in [0.3, 0.4) is 0 Å². The second-order valence-electron chi connectivity index (χ2n) is 11.6. The van der Waals surface area contributed by atoms with Gasteiger partial charge in [0, 0.05) is 16.7 Å². The molecular formula is C44H28N4. The smallest absolute Gasteiger partial charge is 0.164 e. The Kier molecular flexibility index (Phi) is 7.54. The molecule has 0 radical (unpaired) electrons. The van der Waals surface area contributed by atoms with Gasteiger partial charge in [0.05, 0.1) is 11.6 Å². The van der Waals surface area contributed by atoms with E-state index in [4.69, 9.17) is 15.0 Å². The molecule has 224 valence electrons. The van der Waals surface area contributed by atoms with Gasteiger partial charge in [0.1, 0.15) is 0 Å². The van der Waals surface area contributed by atoms with Crippen LogP contribution in [-0.4, -0.2) is 15.0 Å². The topological polar surface area (TPSA) is 62.5 Å². The number of benzene rings is 7. The average molecular weight is 613 g/mol. The van der Waals surface area contributed by atoms with Crippen molar-refractivity contribution in [2.75, 3.05) is 0 Å². The summed E-state index contributed by atoms with van der Waals surface area (Å²) in [6.07, 6.45) is 0. The van der Waals surface area contributed by atoms with Gasteiger partial charge in [0.25, 0.3) is 0 Å². The molecule has 1 aromatic heterocycles. The summed E-state index contributed by atoms with van der Waals surface area (Å²) < 4.78 is 0. The van der Waals surface area contributed by atoms with Gasteiger partial charge in [0.2, 0.25) is 0 Å². The molecule has 0 aliphatic heterocycles. The molecule has 0 aliphatic rings. The largest absolute Gasteiger partial charge is 0.208 e. The molecule has 0 unspecified atom stereocenters. The Balaban J connectivity index is 1.14. The molecular weight excluding hydrogens is 585 g/mol. The molecule has 0 spiro atoms. The lowest BCUT2D eigenvalue weighted by Gasteiger charge is -2.12. The number of fused-ring (bicyclic) bond motifs is 1. The molecule has 8 rings (SSSR count). The maximum atomic E-state index is 9.24. The van der Waals surface area contributed by atoms with Crippen molar-refractivity contribution in [3.63, 3.8) is 0 Å². The van der Waals surface area contributed by atoms with Crippen LogP contribution in [0.15, 0.2) is 170 Å². The van der Waals surface area contributed by atoms with Gasteiger partial charge in [-0.3, -0.25) is 0 Å². The second-order valence-corrected chi connectivity index (χ2v) is 11.6. The quantitative estimate of drug-likeness (QED) is 0.187. The van der Waals surface area contributed by atoms with Gasteiger partial charge >= 0.3 is 0 Å². The summed E-state index contributed by atoms with van der Waals surface area (Å²) in [5.74, 6) is 1.93. The summed E-state index contributed by atoms with van der Waals surface area (Å²) in [6.45, 7) is 0. The van der Waals surface area contributed by atoms with E-state index in [1.807, 2.05) is 84.9 Å². The molecule has 48 heavy (non-hydrogen) atoms. The molecule has 1 heterocycles. The van der Waals surface area contributed by atoms with E-state index < -0.39 is 0 Å². The van der Waals surface area contributed by atoms with Crippen molar-refractivity contribution in [3.8, 4) is 73.6 Å². The van der Waals surface area contributed by atoms with E-state index in [0.717, 1.165) is 50.1 Å². The van der Waals surface area contributed by atoms with E-state index in [1.54, 1.807) is 0 Å². The third-order valence-electron chi connectivity index (χ3n) is 8.58. The Bertz CT molecular complexity index is 2370. The SMILES string of the molecule is N#Cc1ccc(-c2ccccc2-c2ccc3ccc(-c4ccc(-c5nc(-c6ccccc6)nc(-c6ccccc6)n5)cc4)cc3c2)cc1. The molecule has 0 aliphatic carbocycles. The van der Waals surface area contributed by atoms with Crippen molar-refractivity contribution >= 4 is 10.8 Å². The molecule has 7 aromatic carbocycles. The number of hydrogen-bond donors (Lipinski definition) is 0. The predicted octanol–water partition coefficient (Wildman–Crippen LogP) is 10.9. The molecule has 0 bridgehead atoms. The van der Waals surface area contributed by atoms with E-state index in [-0.39, 0.29) is 0 Å². The molecule has 0 fully saturated rings. The van der Waals surface area contributed by atoms with Gasteiger partial charge in [0.15, 0.2) is 17.5 Å². The van der Waals surface area contributed by atoms with Crippen molar-refractivity contribution in [3.05, 3.63) is 175 Å². The maximum absolute atomic E-state index is 9.24. The standard InChI is InChI=1S/C44H28N4/c45-29-30-15-17-33(18-16-30)40-13-7-8-14-41(40)38-26-22-32-21-25-37(27-39(32)28-38)31-19-23-36(24-20-31)44-47-42(34-9-3-1-4-10-34)46-43(48-44)35-11-5-2-6-12-35/h1-28H.